The Bertz CT molecular complexity index is 585. The lowest BCUT2D eigenvalue weighted by Crippen LogP contribution is -2.11. The van der Waals surface area contributed by atoms with Crippen LogP contribution in [0.1, 0.15) is 33.3 Å². The lowest BCUT2D eigenvalue weighted by Gasteiger charge is -2.11. The maximum absolute atomic E-state index is 11.4. The average molecular weight is 278 g/mol. The van der Waals surface area contributed by atoms with Crippen molar-refractivity contribution in [1.82, 2.24) is 15.0 Å². The molecule has 2 heterocycles. The fourth-order valence-corrected chi connectivity index (χ4v) is 2.27. The Hall–Kier alpha value is -2.02. The highest BCUT2D eigenvalue weighted by Crippen LogP contribution is 2.22. The van der Waals surface area contributed by atoms with Gasteiger partial charge in [-0.1, -0.05) is 0 Å². The van der Waals surface area contributed by atoms with E-state index in [9.17, 15) is 4.79 Å². The molecule has 2 aromatic heterocycles. The van der Waals surface area contributed by atoms with E-state index >= 15 is 0 Å². The molecule has 6 nitrogen and oxygen atoms in total. The predicted octanol–water partition coefficient (Wildman–Crippen LogP) is 2.20. The van der Waals surface area contributed by atoms with Gasteiger partial charge in [0.2, 0.25) is 0 Å². The molecule has 0 bridgehead atoms. The number of nitrogens with one attached hydrogen (secondary N) is 1. The smallest absolute Gasteiger partial charge is 0.358 e. The number of rotatable bonds is 4. The highest BCUT2D eigenvalue weighted by molar-refractivity contribution is 7.11. The lowest BCUT2D eigenvalue weighted by molar-refractivity contribution is 0.0593. The molecule has 0 spiro atoms. The van der Waals surface area contributed by atoms with Crippen molar-refractivity contribution in [3.63, 3.8) is 0 Å². The van der Waals surface area contributed by atoms with Crippen LogP contribution in [0.4, 0.5) is 5.82 Å². The van der Waals surface area contributed by atoms with Crippen molar-refractivity contribution in [1.29, 1.82) is 0 Å². The molecular formula is C12H14N4O2S. The molecule has 1 N–H and O–H groups in total. The van der Waals surface area contributed by atoms with Gasteiger partial charge in [0.05, 0.1) is 25.5 Å². The monoisotopic (exact) mass is 278 g/mol. The number of nitrogens with zero attached hydrogens (tertiary/aromatic N) is 3. The number of hydrogen-bond donors (Lipinski definition) is 1. The number of hydrogen-bond acceptors (Lipinski definition) is 7. The summed E-state index contributed by atoms with van der Waals surface area (Å²) in [7, 11) is 1.31. The highest BCUT2D eigenvalue weighted by Gasteiger charge is 2.12. The van der Waals surface area contributed by atoms with Crippen LogP contribution in [0, 0.1) is 6.92 Å². The Morgan fingerprint density at radius 3 is 2.84 bits per heavy atom. The quantitative estimate of drug-likeness (QED) is 0.864. The van der Waals surface area contributed by atoms with E-state index in [0.717, 1.165) is 9.88 Å². The molecule has 1 atom stereocenters. The Balaban J connectivity index is 2.12. The topological polar surface area (TPSA) is 77.0 Å². The van der Waals surface area contributed by atoms with Gasteiger partial charge < -0.3 is 10.1 Å². The molecule has 0 aliphatic carbocycles. The number of thiazole rings is 1. The number of esters is 1. The van der Waals surface area contributed by atoms with E-state index in [1.807, 2.05) is 20.0 Å². The molecule has 0 saturated carbocycles. The minimum absolute atomic E-state index is 0.000830. The molecule has 7 heteroatoms. The van der Waals surface area contributed by atoms with Crippen LogP contribution in [-0.2, 0) is 4.74 Å². The summed E-state index contributed by atoms with van der Waals surface area (Å²) >= 11 is 1.62. The third kappa shape index (κ3) is 3.25. The number of carbonyl (C=O) groups is 1. The minimum Gasteiger partial charge on any atom is -0.464 e. The van der Waals surface area contributed by atoms with Crippen molar-refractivity contribution in [3.8, 4) is 0 Å². The van der Waals surface area contributed by atoms with E-state index in [-0.39, 0.29) is 11.7 Å². The van der Waals surface area contributed by atoms with E-state index in [4.69, 9.17) is 0 Å². The zero-order valence-electron chi connectivity index (χ0n) is 10.9. The van der Waals surface area contributed by atoms with E-state index < -0.39 is 5.97 Å². The van der Waals surface area contributed by atoms with Gasteiger partial charge in [-0.15, -0.1) is 11.3 Å². The van der Waals surface area contributed by atoms with Crippen LogP contribution in [0.25, 0.3) is 0 Å². The molecule has 19 heavy (non-hydrogen) atoms. The zero-order valence-corrected chi connectivity index (χ0v) is 11.7. The summed E-state index contributed by atoms with van der Waals surface area (Å²) in [5, 5.41) is 4.12. The normalized spacial score (nSPS) is 11.9. The van der Waals surface area contributed by atoms with Crippen LogP contribution in [0.15, 0.2) is 18.6 Å². The lowest BCUT2D eigenvalue weighted by atomic mass is 10.3. The van der Waals surface area contributed by atoms with Gasteiger partial charge in [-0.05, 0) is 13.8 Å². The van der Waals surface area contributed by atoms with E-state index in [1.54, 1.807) is 17.5 Å². The molecule has 0 fully saturated rings. The molecule has 0 amide bonds. The fourth-order valence-electron chi connectivity index (χ4n) is 1.49. The maximum atomic E-state index is 11.4. The molecule has 0 saturated heterocycles. The van der Waals surface area contributed by atoms with Crippen LogP contribution in [0.3, 0.4) is 0 Å². The fraction of sp³-hybridized carbons (Fsp3) is 0.333. The van der Waals surface area contributed by atoms with Crippen molar-refractivity contribution < 1.29 is 9.53 Å². The Kier molecular flexibility index (Phi) is 4.06. The summed E-state index contributed by atoms with van der Waals surface area (Å²) in [5.74, 6) is 0.0112. The molecule has 0 aliphatic heterocycles. The van der Waals surface area contributed by atoms with Gasteiger partial charge in [0.1, 0.15) is 10.8 Å². The maximum Gasteiger partial charge on any atom is 0.358 e. The number of ether oxygens (including phenoxy) is 1. The van der Waals surface area contributed by atoms with Gasteiger partial charge in [-0.25, -0.2) is 14.8 Å². The van der Waals surface area contributed by atoms with Gasteiger partial charge in [0.25, 0.3) is 0 Å². The third-order valence-corrected chi connectivity index (χ3v) is 3.50. The molecule has 0 radical (unpaired) electrons. The van der Waals surface area contributed by atoms with Gasteiger partial charge in [-0.2, -0.15) is 0 Å². The van der Waals surface area contributed by atoms with Crippen LogP contribution < -0.4 is 5.32 Å². The second-order valence-corrected chi connectivity index (χ2v) is 5.22. The van der Waals surface area contributed by atoms with Gasteiger partial charge in [0, 0.05) is 11.1 Å². The Morgan fingerprint density at radius 1 is 1.42 bits per heavy atom. The number of anilines is 1. The van der Waals surface area contributed by atoms with Crippen molar-refractivity contribution in [3.05, 3.63) is 34.2 Å². The van der Waals surface area contributed by atoms with Crippen molar-refractivity contribution in [2.24, 2.45) is 0 Å². The number of carbonyl (C=O) groups excluding carboxylic acids is 1. The molecule has 2 aromatic rings. The summed E-state index contributed by atoms with van der Waals surface area (Å²) in [6.45, 7) is 3.98. The predicted molar refractivity (Wildman–Crippen MR) is 72.3 cm³/mol. The van der Waals surface area contributed by atoms with E-state index in [1.165, 1.54) is 13.3 Å². The second-order valence-electron chi connectivity index (χ2n) is 3.96. The SMILES string of the molecule is COC(=O)c1cncc(NC(C)c2ncc(C)s2)n1. The molecule has 2 rings (SSSR count). The van der Waals surface area contributed by atoms with Gasteiger partial charge in [0.15, 0.2) is 5.69 Å². The summed E-state index contributed by atoms with van der Waals surface area (Å²) in [5.41, 5.74) is 0.176. The Labute approximate surface area is 114 Å². The first-order valence-electron chi connectivity index (χ1n) is 5.69. The van der Waals surface area contributed by atoms with Crippen LogP contribution >= 0.6 is 11.3 Å². The van der Waals surface area contributed by atoms with E-state index in [0.29, 0.717) is 5.82 Å². The zero-order chi connectivity index (χ0) is 13.8. The van der Waals surface area contributed by atoms with Crippen LogP contribution in [0.2, 0.25) is 0 Å². The molecular weight excluding hydrogens is 264 g/mol. The number of aryl methyl sites for hydroxylation is 1. The second kappa shape index (κ2) is 5.75. The Morgan fingerprint density at radius 2 is 2.21 bits per heavy atom. The molecule has 0 aromatic carbocycles. The molecule has 100 valence electrons. The summed E-state index contributed by atoms with van der Waals surface area (Å²) in [6, 6.07) is 0.000830. The minimum atomic E-state index is -0.506. The van der Waals surface area contributed by atoms with Gasteiger partial charge >= 0.3 is 5.97 Å². The number of methoxy groups -OCH3 is 1. The van der Waals surface area contributed by atoms with Crippen LogP contribution in [0.5, 0.6) is 0 Å². The van der Waals surface area contributed by atoms with Crippen molar-refractivity contribution in [2.75, 3.05) is 12.4 Å². The summed E-state index contributed by atoms with van der Waals surface area (Å²) < 4.78 is 4.60. The first kappa shape index (κ1) is 13.4. The number of aromatic nitrogens is 3. The standard InChI is InChI=1S/C12H14N4O2S/c1-7-4-14-11(19-7)8(2)15-10-6-13-5-9(16-10)12(17)18-3/h4-6,8H,1-3H3,(H,15,16). The summed E-state index contributed by atoms with van der Waals surface area (Å²) in [6.07, 6.45) is 4.76. The van der Waals surface area contributed by atoms with Gasteiger partial charge in [-0.3, -0.25) is 4.98 Å². The molecule has 0 aliphatic rings. The van der Waals surface area contributed by atoms with E-state index in [2.05, 4.69) is 25.0 Å². The first-order chi connectivity index (χ1) is 9.10. The first-order valence-corrected chi connectivity index (χ1v) is 6.51. The molecule has 1 unspecified atom stereocenters. The average Bonchev–Trinajstić information content (AvgIpc) is 2.85. The van der Waals surface area contributed by atoms with Crippen molar-refractivity contribution >= 4 is 23.1 Å². The van der Waals surface area contributed by atoms with Crippen LogP contribution in [-0.4, -0.2) is 28.0 Å². The van der Waals surface area contributed by atoms with Crippen molar-refractivity contribution in [2.45, 2.75) is 19.9 Å². The highest BCUT2D eigenvalue weighted by atomic mass is 32.1. The summed E-state index contributed by atoms with van der Waals surface area (Å²) in [4.78, 5) is 24.9. The third-order valence-electron chi connectivity index (χ3n) is 2.40. The largest absolute Gasteiger partial charge is 0.464 e.